The summed E-state index contributed by atoms with van der Waals surface area (Å²) in [5.74, 6) is -0.515. The molecular formula is C28H25Cl3N4O4. The smallest absolute Gasteiger partial charge is 0.265 e. The summed E-state index contributed by atoms with van der Waals surface area (Å²) >= 11 is 18.4. The van der Waals surface area contributed by atoms with Gasteiger partial charge in [0.2, 0.25) is 0 Å². The molecule has 0 aromatic heterocycles. The van der Waals surface area contributed by atoms with Crippen LogP contribution < -0.4 is 20.4 Å². The highest BCUT2D eigenvalue weighted by Crippen LogP contribution is 2.38. The predicted molar refractivity (Wildman–Crippen MR) is 154 cm³/mol. The normalized spacial score (nSPS) is 13.6. The third-order valence-corrected chi connectivity index (χ3v) is 6.68. The molecule has 0 fully saturated rings. The van der Waals surface area contributed by atoms with E-state index in [0.717, 1.165) is 16.1 Å². The summed E-state index contributed by atoms with van der Waals surface area (Å²) in [6.07, 6.45) is -0.434. The summed E-state index contributed by atoms with van der Waals surface area (Å²) in [5, 5.41) is 11.3. The van der Waals surface area contributed by atoms with E-state index in [-0.39, 0.29) is 39.5 Å². The van der Waals surface area contributed by atoms with E-state index in [9.17, 15) is 14.4 Å². The number of hydrogen-bond acceptors (Lipinski definition) is 5. The van der Waals surface area contributed by atoms with Crippen LogP contribution in [0.4, 0.5) is 11.4 Å². The maximum Gasteiger partial charge on any atom is 0.265 e. The van der Waals surface area contributed by atoms with Gasteiger partial charge in [-0.15, -0.1) is 0 Å². The van der Waals surface area contributed by atoms with Gasteiger partial charge >= 0.3 is 0 Å². The second-order valence-corrected chi connectivity index (χ2v) is 10.2. The van der Waals surface area contributed by atoms with Gasteiger partial charge in [0.05, 0.1) is 16.5 Å². The second-order valence-electron chi connectivity index (χ2n) is 8.95. The maximum absolute atomic E-state index is 12.9. The molecule has 202 valence electrons. The quantitative estimate of drug-likeness (QED) is 0.328. The monoisotopic (exact) mass is 586 g/mol. The average molecular weight is 588 g/mol. The van der Waals surface area contributed by atoms with Gasteiger partial charge in [0, 0.05) is 16.3 Å². The van der Waals surface area contributed by atoms with Crippen molar-refractivity contribution in [2.24, 2.45) is 5.10 Å². The van der Waals surface area contributed by atoms with Gasteiger partial charge in [-0.3, -0.25) is 14.4 Å². The number of benzene rings is 3. The number of anilines is 2. The largest absolute Gasteiger partial charge is 0.480 e. The van der Waals surface area contributed by atoms with Crippen LogP contribution in [-0.2, 0) is 9.59 Å². The SMILES string of the molecule is CCC(Oc1ccc(C)cc1C)C(=O)Nc1cccc(C(=O)NC2=NN(c3c(Cl)cc(Cl)cc3Cl)C(=O)C2)c1. The van der Waals surface area contributed by atoms with Gasteiger partial charge in [-0.05, 0) is 62.2 Å². The Kier molecular flexibility index (Phi) is 8.80. The Morgan fingerprint density at radius 2 is 1.74 bits per heavy atom. The Balaban J connectivity index is 1.44. The summed E-state index contributed by atoms with van der Waals surface area (Å²) in [6, 6.07) is 15.1. The van der Waals surface area contributed by atoms with Crippen molar-refractivity contribution in [3.8, 4) is 5.75 Å². The molecule has 39 heavy (non-hydrogen) atoms. The Morgan fingerprint density at radius 1 is 1.03 bits per heavy atom. The van der Waals surface area contributed by atoms with Crippen molar-refractivity contribution in [3.05, 3.63) is 86.4 Å². The minimum absolute atomic E-state index is 0.120. The number of amidine groups is 1. The van der Waals surface area contributed by atoms with E-state index in [1.807, 2.05) is 39.0 Å². The molecule has 3 aromatic rings. The zero-order valence-corrected chi connectivity index (χ0v) is 23.6. The first-order valence-corrected chi connectivity index (χ1v) is 13.2. The lowest BCUT2D eigenvalue weighted by Gasteiger charge is -2.19. The fourth-order valence-corrected chi connectivity index (χ4v) is 4.96. The molecule has 0 spiro atoms. The number of rotatable bonds is 7. The number of carbonyl (C=O) groups excluding carboxylic acids is 3. The highest BCUT2D eigenvalue weighted by molar-refractivity contribution is 6.42. The molecule has 1 heterocycles. The van der Waals surface area contributed by atoms with E-state index in [0.29, 0.717) is 22.9 Å². The van der Waals surface area contributed by atoms with E-state index >= 15 is 0 Å². The van der Waals surface area contributed by atoms with E-state index in [1.54, 1.807) is 18.2 Å². The molecule has 3 amide bonds. The van der Waals surface area contributed by atoms with Crippen LogP contribution in [-0.4, -0.2) is 29.7 Å². The molecule has 8 nitrogen and oxygen atoms in total. The Morgan fingerprint density at radius 3 is 2.41 bits per heavy atom. The molecule has 0 saturated heterocycles. The standard InChI is InChI=1S/C28H25Cl3N4O4/c1-4-22(39-23-9-8-15(2)10-16(23)3)28(38)32-19-7-5-6-17(11-19)27(37)33-24-14-25(36)35(34-24)26-20(30)12-18(29)13-21(26)31/h5-13,22H,4,14H2,1-3H3,(H,32,38)(H,33,34,37). The van der Waals surface area contributed by atoms with E-state index in [4.69, 9.17) is 39.5 Å². The molecule has 4 rings (SSSR count). The van der Waals surface area contributed by atoms with Crippen LogP contribution in [0.2, 0.25) is 15.1 Å². The van der Waals surface area contributed by atoms with Gasteiger partial charge in [0.15, 0.2) is 6.10 Å². The third kappa shape index (κ3) is 6.71. The van der Waals surface area contributed by atoms with E-state index < -0.39 is 17.9 Å². The highest BCUT2D eigenvalue weighted by Gasteiger charge is 2.30. The van der Waals surface area contributed by atoms with Crippen LogP contribution >= 0.6 is 34.8 Å². The molecular weight excluding hydrogens is 563 g/mol. The van der Waals surface area contributed by atoms with Crippen LogP contribution in [0.15, 0.2) is 59.7 Å². The van der Waals surface area contributed by atoms with Crippen molar-refractivity contribution in [1.29, 1.82) is 0 Å². The van der Waals surface area contributed by atoms with Gasteiger partial charge < -0.3 is 15.4 Å². The number of aryl methyl sites for hydroxylation is 2. The number of amides is 3. The second kappa shape index (κ2) is 12.1. The number of nitrogens with one attached hydrogen (secondary N) is 2. The van der Waals surface area contributed by atoms with Crippen molar-refractivity contribution in [2.75, 3.05) is 10.3 Å². The summed E-state index contributed by atoms with van der Waals surface area (Å²) < 4.78 is 5.96. The number of hydrogen-bond donors (Lipinski definition) is 2. The minimum atomic E-state index is -0.722. The maximum atomic E-state index is 12.9. The Bertz CT molecular complexity index is 1470. The van der Waals surface area contributed by atoms with Crippen molar-refractivity contribution in [3.63, 3.8) is 0 Å². The molecule has 0 radical (unpaired) electrons. The number of carbonyl (C=O) groups is 3. The van der Waals surface area contributed by atoms with Crippen LogP contribution in [0, 0.1) is 13.8 Å². The van der Waals surface area contributed by atoms with Crippen molar-refractivity contribution >= 4 is 69.7 Å². The molecule has 2 N–H and O–H groups in total. The number of hydrazone groups is 1. The van der Waals surface area contributed by atoms with Gasteiger partial charge in [-0.25, -0.2) is 0 Å². The summed E-state index contributed by atoms with van der Waals surface area (Å²) in [4.78, 5) is 38.5. The summed E-state index contributed by atoms with van der Waals surface area (Å²) in [5.41, 5.74) is 2.89. The first kappa shape index (κ1) is 28.4. The fraction of sp³-hybridized carbons (Fsp3) is 0.214. The van der Waals surface area contributed by atoms with Crippen LogP contribution in [0.3, 0.4) is 0 Å². The Labute approximate surface area is 240 Å². The number of nitrogens with zero attached hydrogens (tertiary/aromatic N) is 2. The minimum Gasteiger partial charge on any atom is -0.480 e. The van der Waals surface area contributed by atoms with Crippen LogP contribution in [0.1, 0.15) is 41.3 Å². The van der Waals surface area contributed by atoms with Gasteiger partial charge in [-0.2, -0.15) is 10.1 Å². The number of halogens is 3. The first-order valence-electron chi connectivity index (χ1n) is 12.1. The zero-order chi connectivity index (χ0) is 28.3. The molecule has 0 bridgehead atoms. The van der Waals surface area contributed by atoms with Gasteiger partial charge in [0.25, 0.3) is 17.7 Å². The first-order chi connectivity index (χ1) is 18.5. The van der Waals surface area contributed by atoms with E-state index in [2.05, 4.69) is 15.7 Å². The van der Waals surface area contributed by atoms with Crippen molar-refractivity contribution in [2.45, 2.75) is 39.7 Å². The van der Waals surface area contributed by atoms with Crippen molar-refractivity contribution < 1.29 is 19.1 Å². The molecule has 1 atom stereocenters. The lowest BCUT2D eigenvalue weighted by atomic mass is 10.1. The molecule has 0 aliphatic carbocycles. The molecule has 1 aliphatic rings. The average Bonchev–Trinajstić information content (AvgIpc) is 3.22. The zero-order valence-electron chi connectivity index (χ0n) is 21.3. The van der Waals surface area contributed by atoms with Gasteiger partial charge in [-0.1, -0.05) is 65.5 Å². The molecule has 1 unspecified atom stereocenters. The highest BCUT2D eigenvalue weighted by atomic mass is 35.5. The van der Waals surface area contributed by atoms with Crippen LogP contribution in [0.25, 0.3) is 0 Å². The molecule has 11 heteroatoms. The predicted octanol–water partition coefficient (Wildman–Crippen LogP) is 6.54. The third-order valence-electron chi connectivity index (χ3n) is 5.88. The van der Waals surface area contributed by atoms with Gasteiger partial charge in [0.1, 0.15) is 17.3 Å². The summed E-state index contributed by atoms with van der Waals surface area (Å²) in [6.45, 7) is 5.77. The topological polar surface area (TPSA) is 100 Å². The summed E-state index contributed by atoms with van der Waals surface area (Å²) in [7, 11) is 0. The van der Waals surface area contributed by atoms with E-state index in [1.165, 1.54) is 18.2 Å². The Hall–Kier alpha value is -3.59. The molecule has 1 aliphatic heterocycles. The number of ether oxygens (including phenoxy) is 1. The van der Waals surface area contributed by atoms with Crippen LogP contribution in [0.5, 0.6) is 5.75 Å². The molecule has 3 aromatic carbocycles. The lowest BCUT2D eigenvalue weighted by Crippen LogP contribution is -2.33. The lowest BCUT2D eigenvalue weighted by molar-refractivity contribution is -0.122. The van der Waals surface area contributed by atoms with Crippen molar-refractivity contribution in [1.82, 2.24) is 5.32 Å². The molecule has 0 saturated carbocycles. The fourth-order valence-electron chi connectivity index (χ4n) is 3.98.